The van der Waals surface area contributed by atoms with Crippen LogP contribution in [0.4, 0.5) is 0 Å². The molecule has 1 heterocycles. The second-order valence-corrected chi connectivity index (χ2v) is 3.80. The molecule has 0 unspecified atom stereocenters. The van der Waals surface area contributed by atoms with Gasteiger partial charge in [-0.3, -0.25) is 4.98 Å². The van der Waals surface area contributed by atoms with Gasteiger partial charge in [-0.05, 0) is 19.1 Å². The van der Waals surface area contributed by atoms with Crippen LogP contribution in [0.5, 0.6) is 5.75 Å². The minimum atomic E-state index is -1.09. The van der Waals surface area contributed by atoms with Crippen LogP contribution in [0.3, 0.4) is 0 Å². The molecule has 0 amide bonds. The van der Waals surface area contributed by atoms with Crippen molar-refractivity contribution in [2.24, 2.45) is 0 Å². The predicted octanol–water partition coefficient (Wildman–Crippen LogP) is 2.06. The molecule has 0 saturated carbocycles. The summed E-state index contributed by atoms with van der Waals surface area (Å²) in [6.45, 7) is 2.26. The first kappa shape index (κ1) is 12.0. The number of aryl methyl sites for hydroxylation is 1. The Morgan fingerprint density at radius 1 is 1.22 bits per heavy atom. The maximum Gasteiger partial charge on any atom is 0.356 e. The van der Waals surface area contributed by atoms with Crippen LogP contribution in [0.15, 0.2) is 36.7 Å². The van der Waals surface area contributed by atoms with Crippen molar-refractivity contribution < 1.29 is 14.6 Å². The Balaban J connectivity index is 1.97. The van der Waals surface area contributed by atoms with Crippen molar-refractivity contribution in [1.29, 1.82) is 0 Å². The average molecular weight is 244 g/mol. The van der Waals surface area contributed by atoms with Gasteiger partial charge < -0.3 is 9.84 Å². The summed E-state index contributed by atoms with van der Waals surface area (Å²) in [5, 5.41) is 8.68. The zero-order valence-corrected chi connectivity index (χ0v) is 9.83. The monoisotopic (exact) mass is 244 g/mol. The van der Waals surface area contributed by atoms with Gasteiger partial charge >= 0.3 is 5.97 Å². The van der Waals surface area contributed by atoms with Gasteiger partial charge in [0.25, 0.3) is 0 Å². The van der Waals surface area contributed by atoms with Crippen molar-refractivity contribution in [3.05, 3.63) is 53.6 Å². The largest absolute Gasteiger partial charge is 0.487 e. The lowest BCUT2D eigenvalue weighted by Gasteiger charge is -2.05. The van der Waals surface area contributed by atoms with Gasteiger partial charge in [-0.1, -0.05) is 17.7 Å². The van der Waals surface area contributed by atoms with Crippen molar-refractivity contribution in [3.63, 3.8) is 0 Å². The van der Waals surface area contributed by atoms with Crippen molar-refractivity contribution in [2.45, 2.75) is 13.5 Å². The molecule has 2 rings (SSSR count). The number of rotatable bonds is 4. The van der Waals surface area contributed by atoms with Crippen LogP contribution in [0.1, 0.15) is 21.7 Å². The van der Waals surface area contributed by atoms with Gasteiger partial charge in [0.15, 0.2) is 5.69 Å². The van der Waals surface area contributed by atoms with E-state index in [0.29, 0.717) is 5.69 Å². The Hall–Kier alpha value is -2.43. The summed E-state index contributed by atoms with van der Waals surface area (Å²) in [5.74, 6) is -0.349. The summed E-state index contributed by atoms with van der Waals surface area (Å²) >= 11 is 0. The summed E-state index contributed by atoms with van der Waals surface area (Å²) in [6, 6.07) is 7.64. The average Bonchev–Trinajstić information content (AvgIpc) is 2.38. The van der Waals surface area contributed by atoms with Crippen LogP contribution >= 0.6 is 0 Å². The maximum absolute atomic E-state index is 10.6. The minimum Gasteiger partial charge on any atom is -0.487 e. The molecule has 0 radical (unpaired) electrons. The molecule has 0 aliphatic rings. The van der Waals surface area contributed by atoms with Gasteiger partial charge in [-0.2, -0.15) is 0 Å². The second-order valence-electron chi connectivity index (χ2n) is 3.80. The number of nitrogens with zero attached hydrogens (tertiary/aromatic N) is 2. The lowest BCUT2D eigenvalue weighted by molar-refractivity contribution is 0.0690. The molecule has 0 atom stereocenters. The zero-order valence-electron chi connectivity index (χ0n) is 9.83. The predicted molar refractivity (Wildman–Crippen MR) is 64.5 cm³/mol. The van der Waals surface area contributed by atoms with Crippen molar-refractivity contribution in [3.8, 4) is 5.75 Å². The van der Waals surface area contributed by atoms with Gasteiger partial charge in [-0.15, -0.1) is 0 Å². The fraction of sp³-hybridized carbons (Fsp3) is 0.154. The molecule has 1 aromatic carbocycles. The van der Waals surface area contributed by atoms with E-state index < -0.39 is 5.97 Å². The van der Waals surface area contributed by atoms with Crippen molar-refractivity contribution in [2.75, 3.05) is 0 Å². The molecule has 18 heavy (non-hydrogen) atoms. The van der Waals surface area contributed by atoms with Crippen LogP contribution < -0.4 is 4.74 Å². The maximum atomic E-state index is 10.6. The van der Waals surface area contributed by atoms with Gasteiger partial charge in [0.1, 0.15) is 12.4 Å². The molecule has 0 saturated heterocycles. The van der Waals surface area contributed by atoms with Gasteiger partial charge in [0, 0.05) is 0 Å². The van der Waals surface area contributed by atoms with E-state index in [1.165, 1.54) is 12.4 Å². The molecule has 0 aliphatic carbocycles. The van der Waals surface area contributed by atoms with E-state index >= 15 is 0 Å². The Labute approximate surface area is 104 Å². The number of ether oxygens (including phenoxy) is 1. The van der Waals surface area contributed by atoms with Gasteiger partial charge in [0.05, 0.1) is 18.1 Å². The number of carboxylic acids is 1. The molecule has 0 aliphatic heterocycles. The highest BCUT2D eigenvalue weighted by Gasteiger charge is 2.05. The molecule has 5 nitrogen and oxygen atoms in total. The topological polar surface area (TPSA) is 72.3 Å². The summed E-state index contributed by atoms with van der Waals surface area (Å²) in [5.41, 5.74) is 1.67. The van der Waals surface area contributed by atoms with E-state index in [2.05, 4.69) is 9.97 Å². The van der Waals surface area contributed by atoms with E-state index in [1.807, 2.05) is 31.2 Å². The number of carboxylic acid groups (broad SMARTS) is 1. The van der Waals surface area contributed by atoms with E-state index in [9.17, 15) is 4.79 Å². The van der Waals surface area contributed by atoms with Crippen molar-refractivity contribution in [1.82, 2.24) is 9.97 Å². The standard InChI is InChI=1S/C13H12N2O3/c1-9-2-4-11(5-3-9)18-8-10-6-15-12(7-14-10)13(16)17/h2-7H,8H2,1H3,(H,16,17). The molecule has 5 heteroatoms. The van der Waals surface area contributed by atoms with Crippen LogP contribution in [-0.4, -0.2) is 21.0 Å². The fourth-order valence-corrected chi connectivity index (χ4v) is 1.33. The SMILES string of the molecule is Cc1ccc(OCc2cnc(C(=O)O)cn2)cc1. The Kier molecular flexibility index (Phi) is 3.52. The summed E-state index contributed by atoms with van der Waals surface area (Å²) in [7, 11) is 0. The van der Waals surface area contributed by atoms with Gasteiger partial charge in [-0.25, -0.2) is 9.78 Å². The number of aromatic carboxylic acids is 1. The molecule has 0 fully saturated rings. The van der Waals surface area contributed by atoms with Crippen LogP contribution in [-0.2, 0) is 6.61 Å². The van der Waals surface area contributed by atoms with Crippen LogP contribution in [0.2, 0.25) is 0 Å². The zero-order chi connectivity index (χ0) is 13.0. The van der Waals surface area contributed by atoms with E-state index in [4.69, 9.17) is 9.84 Å². The van der Waals surface area contributed by atoms with Crippen LogP contribution in [0, 0.1) is 6.92 Å². The molecular formula is C13H12N2O3. The highest BCUT2D eigenvalue weighted by Crippen LogP contribution is 2.12. The summed E-state index contributed by atoms with van der Waals surface area (Å²) in [6.07, 6.45) is 2.62. The van der Waals surface area contributed by atoms with Crippen molar-refractivity contribution >= 4 is 5.97 Å². The lowest BCUT2D eigenvalue weighted by Crippen LogP contribution is -2.04. The number of hydrogen-bond acceptors (Lipinski definition) is 4. The second kappa shape index (κ2) is 5.27. The molecule has 1 N–H and O–H groups in total. The Morgan fingerprint density at radius 3 is 2.50 bits per heavy atom. The number of benzene rings is 1. The summed E-state index contributed by atoms with van der Waals surface area (Å²) in [4.78, 5) is 18.3. The number of aromatic nitrogens is 2. The first-order valence-corrected chi connectivity index (χ1v) is 5.39. The third-order valence-electron chi connectivity index (χ3n) is 2.33. The van der Waals surface area contributed by atoms with E-state index in [1.54, 1.807) is 0 Å². The molecule has 92 valence electrons. The Morgan fingerprint density at radius 2 is 1.94 bits per heavy atom. The highest BCUT2D eigenvalue weighted by molar-refractivity contribution is 5.84. The lowest BCUT2D eigenvalue weighted by atomic mass is 10.2. The number of hydrogen-bond donors (Lipinski definition) is 1. The third-order valence-corrected chi connectivity index (χ3v) is 2.33. The highest BCUT2D eigenvalue weighted by atomic mass is 16.5. The normalized spacial score (nSPS) is 10.1. The van der Waals surface area contributed by atoms with Gasteiger partial charge in [0.2, 0.25) is 0 Å². The smallest absolute Gasteiger partial charge is 0.356 e. The minimum absolute atomic E-state index is 0.0749. The quantitative estimate of drug-likeness (QED) is 0.891. The molecule has 0 spiro atoms. The molecule has 1 aromatic heterocycles. The fourth-order valence-electron chi connectivity index (χ4n) is 1.33. The number of carbonyl (C=O) groups is 1. The first-order chi connectivity index (χ1) is 8.65. The van der Waals surface area contributed by atoms with E-state index in [0.717, 1.165) is 11.3 Å². The molecular weight excluding hydrogens is 232 g/mol. The first-order valence-electron chi connectivity index (χ1n) is 5.39. The Bertz CT molecular complexity index is 535. The molecule has 2 aromatic rings. The summed E-state index contributed by atoms with van der Waals surface area (Å²) < 4.78 is 5.50. The third kappa shape index (κ3) is 3.04. The van der Waals surface area contributed by atoms with Crippen LogP contribution in [0.25, 0.3) is 0 Å². The molecule has 0 bridgehead atoms. The van der Waals surface area contributed by atoms with E-state index in [-0.39, 0.29) is 12.3 Å².